The first kappa shape index (κ1) is 8.06. The third-order valence-electron chi connectivity index (χ3n) is 2.09. The van der Waals surface area contributed by atoms with Crippen molar-refractivity contribution in [1.82, 2.24) is 0 Å². The number of fused-ring (bicyclic) bond motifs is 2. The zero-order valence-electron chi connectivity index (χ0n) is 7.48. The zero-order chi connectivity index (χ0) is 8.93. The Morgan fingerprint density at radius 1 is 0.615 bits per heavy atom. The molecule has 0 aromatic rings. The first-order chi connectivity index (χ1) is 6.45. The summed E-state index contributed by atoms with van der Waals surface area (Å²) >= 11 is 0. The summed E-state index contributed by atoms with van der Waals surface area (Å²) in [6, 6.07) is 0. The second-order valence-electron chi connectivity index (χ2n) is 3.15. The number of rotatable bonds is 0. The zero-order valence-corrected chi connectivity index (χ0v) is 7.48. The van der Waals surface area contributed by atoms with E-state index >= 15 is 0 Å². The summed E-state index contributed by atoms with van der Waals surface area (Å²) in [7, 11) is 0. The van der Waals surface area contributed by atoms with E-state index in [1.165, 1.54) is 11.1 Å². The van der Waals surface area contributed by atoms with Crippen LogP contribution in [0, 0.1) is 0 Å². The van der Waals surface area contributed by atoms with Gasteiger partial charge in [-0.1, -0.05) is 60.8 Å². The first-order valence-electron chi connectivity index (χ1n) is 4.53. The summed E-state index contributed by atoms with van der Waals surface area (Å²) in [6.45, 7) is 0. The standard InChI is InChI=1S/C13H12/c1-3-7-12-9-5-2-6-10-13(11-12)8-4-1/h1-10H,11H2. The number of hydrogen-bond donors (Lipinski definition) is 0. The molecule has 13 heavy (non-hydrogen) atoms. The van der Waals surface area contributed by atoms with Gasteiger partial charge in [0.2, 0.25) is 0 Å². The van der Waals surface area contributed by atoms with Gasteiger partial charge in [0.15, 0.2) is 0 Å². The van der Waals surface area contributed by atoms with Crippen molar-refractivity contribution in [3.63, 3.8) is 0 Å². The predicted molar refractivity (Wildman–Crippen MR) is 57.3 cm³/mol. The minimum absolute atomic E-state index is 1.03. The van der Waals surface area contributed by atoms with Gasteiger partial charge in [0, 0.05) is 0 Å². The maximum absolute atomic E-state index is 2.16. The summed E-state index contributed by atoms with van der Waals surface area (Å²) in [5, 5.41) is 0. The highest BCUT2D eigenvalue weighted by atomic mass is 14.0. The molecule has 0 aromatic heterocycles. The molecule has 2 rings (SSSR count). The highest BCUT2D eigenvalue weighted by molar-refractivity contribution is 5.41. The highest BCUT2D eigenvalue weighted by Gasteiger charge is 1.98. The number of hydrogen-bond acceptors (Lipinski definition) is 0. The van der Waals surface area contributed by atoms with Crippen LogP contribution in [0.3, 0.4) is 0 Å². The van der Waals surface area contributed by atoms with Crippen LogP contribution < -0.4 is 0 Å². The van der Waals surface area contributed by atoms with Crippen molar-refractivity contribution in [3.8, 4) is 0 Å². The average molecular weight is 168 g/mol. The fourth-order valence-corrected chi connectivity index (χ4v) is 1.43. The van der Waals surface area contributed by atoms with Crippen molar-refractivity contribution >= 4 is 0 Å². The Balaban J connectivity index is 2.42. The predicted octanol–water partition coefficient (Wildman–Crippen LogP) is 3.48. The molecule has 2 bridgehead atoms. The van der Waals surface area contributed by atoms with Crippen molar-refractivity contribution < 1.29 is 0 Å². The lowest BCUT2D eigenvalue weighted by molar-refractivity contribution is 1.20. The lowest BCUT2D eigenvalue weighted by Gasteiger charge is -2.05. The van der Waals surface area contributed by atoms with E-state index in [0.29, 0.717) is 0 Å². The highest BCUT2D eigenvalue weighted by Crippen LogP contribution is 2.17. The molecule has 0 atom stereocenters. The van der Waals surface area contributed by atoms with Crippen LogP contribution in [0.2, 0.25) is 0 Å². The second kappa shape index (κ2) is 3.90. The van der Waals surface area contributed by atoms with E-state index in [1.54, 1.807) is 0 Å². The Kier molecular flexibility index (Phi) is 2.42. The first-order valence-corrected chi connectivity index (χ1v) is 4.53. The fraction of sp³-hybridized carbons (Fsp3) is 0.0769. The van der Waals surface area contributed by atoms with E-state index < -0.39 is 0 Å². The molecule has 2 aliphatic carbocycles. The summed E-state index contributed by atoms with van der Waals surface area (Å²) in [5.74, 6) is 0. The number of allylic oxidation sites excluding steroid dienone is 12. The Bertz CT molecular complexity index is 321. The monoisotopic (exact) mass is 168 g/mol. The van der Waals surface area contributed by atoms with Gasteiger partial charge in [-0.15, -0.1) is 0 Å². The molecular weight excluding hydrogens is 156 g/mol. The molecular formula is C13H12. The van der Waals surface area contributed by atoms with Crippen LogP contribution in [0.4, 0.5) is 0 Å². The maximum atomic E-state index is 2.16. The van der Waals surface area contributed by atoms with Gasteiger partial charge in [0.1, 0.15) is 0 Å². The molecule has 64 valence electrons. The molecule has 0 spiro atoms. The minimum Gasteiger partial charge on any atom is -0.0622 e. The smallest absolute Gasteiger partial charge is 0.00258 e. The van der Waals surface area contributed by atoms with Crippen LogP contribution in [0.25, 0.3) is 0 Å². The Labute approximate surface area is 79.0 Å². The van der Waals surface area contributed by atoms with Crippen molar-refractivity contribution in [3.05, 3.63) is 71.9 Å². The molecule has 0 amide bonds. The summed E-state index contributed by atoms with van der Waals surface area (Å²) < 4.78 is 0. The minimum atomic E-state index is 1.03. The van der Waals surface area contributed by atoms with Gasteiger partial charge in [-0.2, -0.15) is 0 Å². The lowest BCUT2D eigenvalue weighted by Crippen LogP contribution is -1.86. The van der Waals surface area contributed by atoms with Crippen LogP contribution in [-0.4, -0.2) is 0 Å². The van der Waals surface area contributed by atoms with Gasteiger partial charge < -0.3 is 0 Å². The van der Waals surface area contributed by atoms with Crippen LogP contribution >= 0.6 is 0 Å². The van der Waals surface area contributed by atoms with E-state index in [9.17, 15) is 0 Å². The van der Waals surface area contributed by atoms with Crippen molar-refractivity contribution in [2.75, 3.05) is 0 Å². The molecule has 2 aliphatic rings. The van der Waals surface area contributed by atoms with Gasteiger partial charge in [0.05, 0.1) is 0 Å². The van der Waals surface area contributed by atoms with Crippen molar-refractivity contribution in [2.45, 2.75) is 6.42 Å². The van der Waals surface area contributed by atoms with Crippen LogP contribution in [0.15, 0.2) is 71.9 Å². The Morgan fingerprint density at radius 3 is 1.69 bits per heavy atom. The maximum Gasteiger partial charge on any atom is -0.00258 e. The molecule has 0 heterocycles. The average Bonchev–Trinajstić information content (AvgIpc) is 2.00. The summed E-state index contributed by atoms with van der Waals surface area (Å²) in [5.41, 5.74) is 2.72. The van der Waals surface area contributed by atoms with Gasteiger partial charge in [-0.05, 0) is 17.6 Å². The fourth-order valence-electron chi connectivity index (χ4n) is 1.43. The Morgan fingerprint density at radius 2 is 1.15 bits per heavy atom. The largest absolute Gasteiger partial charge is 0.0622 e. The quantitative estimate of drug-likeness (QED) is 0.519. The topological polar surface area (TPSA) is 0 Å². The molecule has 0 unspecified atom stereocenters. The van der Waals surface area contributed by atoms with Gasteiger partial charge in [-0.25, -0.2) is 0 Å². The van der Waals surface area contributed by atoms with E-state index in [1.807, 2.05) is 0 Å². The molecule has 0 radical (unpaired) electrons. The molecule has 0 nitrogen and oxygen atoms in total. The van der Waals surface area contributed by atoms with Gasteiger partial charge in [-0.3, -0.25) is 0 Å². The van der Waals surface area contributed by atoms with E-state index in [-0.39, 0.29) is 0 Å². The normalized spacial score (nSPS) is 19.7. The van der Waals surface area contributed by atoms with E-state index in [4.69, 9.17) is 0 Å². The molecule has 0 heteroatoms. The van der Waals surface area contributed by atoms with Crippen LogP contribution in [0.5, 0.6) is 0 Å². The van der Waals surface area contributed by atoms with E-state index in [2.05, 4.69) is 60.8 Å². The summed E-state index contributed by atoms with van der Waals surface area (Å²) in [6.07, 6.45) is 22.1. The van der Waals surface area contributed by atoms with Crippen LogP contribution in [-0.2, 0) is 0 Å². The van der Waals surface area contributed by atoms with E-state index in [0.717, 1.165) is 6.42 Å². The van der Waals surface area contributed by atoms with Crippen molar-refractivity contribution in [2.24, 2.45) is 0 Å². The molecule has 0 saturated carbocycles. The lowest BCUT2D eigenvalue weighted by atomic mass is 10.0. The molecule has 0 saturated heterocycles. The second-order valence-corrected chi connectivity index (χ2v) is 3.15. The van der Waals surface area contributed by atoms with Gasteiger partial charge in [0.25, 0.3) is 0 Å². The molecule has 0 aliphatic heterocycles. The summed E-state index contributed by atoms with van der Waals surface area (Å²) in [4.78, 5) is 0. The van der Waals surface area contributed by atoms with Gasteiger partial charge >= 0.3 is 0 Å². The molecule has 0 aromatic carbocycles. The third kappa shape index (κ3) is 2.19. The third-order valence-corrected chi connectivity index (χ3v) is 2.09. The van der Waals surface area contributed by atoms with Crippen molar-refractivity contribution in [1.29, 1.82) is 0 Å². The molecule has 0 fully saturated rings. The molecule has 0 N–H and O–H groups in total. The SMILES string of the molecule is C1=CC=C2C=CC=CC=C(C=C1)C2. The Hall–Kier alpha value is -1.56. The van der Waals surface area contributed by atoms with Crippen LogP contribution in [0.1, 0.15) is 6.42 Å².